The van der Waals surface area contributed by atoms with Crippen molar-refractivity contribution in [3.8, 4) is 17.1 Å². The number of benzene rings is 1. The Morgan fingerprint density at radius 1 is 1.25 bits per heavy atom. The van der Waals surface area contributed by atoms with E-state index < -0.39 is 5.97 Å². The number of rotatable bonds is 5. The van der Waals surface area contributed by atoms with E-state index >= 15 is 0 Å². The van der Waals surface area contributed by atoms with E-state index in [9.17, 15) is 9.90 Å². The molecule has 2 heterocycles. The minimum absolute atomic E-state index is 0.214. The molecule has 3 aromatic rings. The first-order valence-electron chi connectivity index (χ1n) is 7.02. The van der Waals surface area contributed by atoms with Crippen molar-refractivity contribution in [2.24, 2.45) is 0 Å². The molecule has 2 aromatic heterocycles. The van der Waals surface area contributed by atoms with Gasteiger partial charge in [-0.2, -0.15) is 0 Å². The summed E-state index contributed by atoms with van der Waals surface area (Å²) in [5.41, 5.74) is 2.46. The van der Waals surface area contributed by atoms with E-state index in [-0.39, 0.29) is 5.75 Å². The summed E-state index contributed by atoms with van der Waals surface area (Å²) in [5.74, 6) is -0.792. The van der Waals surface area contributed by atoms with Crippen LogP contribution in [0.3, 0.4) is 0 Å². The Hall–Kier alpha value is -2.38. The third kappa shape index (κ3) is 3.27. The fraction of sp³-hybridized carbons (Fsp3) is 0.125. The second-order valence-corrected chi connectivity index (χ2v) is 6.27. The maximum atomic E-state index is 10.8. The number of aliphatic carboxylic acids is 1. The van der Waals surface area contributed by atoms with Crippen molar-refractivity contribution in [2.45, 2.75) is 12.1 Å². The van der Waals surface area contributed by atoms with E-state index in [0.717, 1.165) is 28.6 Å². The Morgan fingerprint density at radius 2 is 2.00 bits per heavy atom. The normalized spacial score (nSPS) is 10.8. The number of carbonyl (C=O) groups excluding carboxylic acids is 1. The Balaban J connectivity index is 2.18. The van der Waals surface area contributed by atoms with Gasteiger partial charge in [-0.3, -0.25) is 9.55 Å². The van der Waals surface area contributed by atoms with Gasteiger partial charge in [0.05, 0.1) is 11.7 Å². The molecule has 8 heteroatoms. The van der Waals surface area contributed by atoms with E-state index in [1.165, 1.54) is 0 Å². The summed E-state index contributed by atoms with van der Waals surface area (Å²) in [5, 5.41) is 20.2. The second kappa shape index (κ2) is 7.02. The largest absolute Gasteiger partial charge is 0.549 e. The molecule has 6 nitrogen and oxygen atoms in total. The number of hydrogen-bond acceptors (Lipinski definition) is 6. The Kier molecular flexibility index (Phi) is 4.82. The number of aromatic nitrogens is 4. The van der Waals surface area contributed by atoms with Gasteiger partial charge in [0.2, 0.25) is 0 Å². The third-order valence-electron chi connectivity index (χ3n) is 3.37. The molecule has 0 unspecified atom stereocenters. The van der Waals surface area contributed by atoms with Crippen LogP contribution in [-0.4, -0.2) is 31.5 Å². The van der Waals surface area contributed by atoms with Crippen LogP contribution in [0.15, 0.2) is 47.9 Å². The molecule has 24 heavy (non-hydrogen) atoms. The molecule has 3 rings (SSSR count). The molecule has 0 N–H and O–H groups in total. The van der Waals surface area contributed by atoms with Gasteiger partial charge < -0.3 is 9.90 Å². The first-order chi connectivity index (χ1) is 11.6. The van der Waals surface area contributed by atoms with Crippen molar-refractivity contribution in [3.63, 3.8) is 0 Å². The standard InChI is InChI=1S/C16H13ClN4O2S/c1-10-12(17)3-2-4-13(10)21-15(11-5-7-18-8-6-11)19-20-16(21)24-9-14(22)23/h2-8H,9H2,1H3,(H,22,23)/p-1. The summed E-state index contributed by atoms with van der Waals surface area (Å²) >= 11 is 7.28. The fourth-order valence-electron chi connectivity index (χ4n) is 2.23. The quantitative estimate of drug-likeness (QED) is 0.649. The number of hydrogen-bond donors (Lipinski definition) is 0. The van der Waals surface area contributed by atoms with Crippen LogP contribution in [-0.2, 0) is 4.79 Å². The van der Waals surface area contributed by atoms with Crippen LogP contribution in [0.4, 0.5) is 0 Å². The molecule has 0 aliphatic heterocycles. The number of thioether (sulfide) groups is 1. The minimum atomic E-state index is -1.16. The lowest BCUT2D eigenvalue weighted by atomic mass is 10.2. The van der Waals surface area contributed by atoms with Gasteiger partial charge in [0.15, 0.2) is 11.0 Å². The number of nitrogens with zero attached hydrogens (tertiary/aromatic N) is 4. The lowest BCUT2D eigenvalue weighted by Gasteiger charge is -2.14. The molecule has 0 bridgehead atoms. The first kappa shape index (κ1) is 16.5. The molecular weight excluding hydrogens is 348 g/mol. The van der Waals surface area contributed by atoms with Crippen LogP contribution >= 0.6 is 23.4 Å². The number of carbonyl (C=O) groups is 1. The molecule has 0 aliphatic rings. The van der Waals surface area contributed by atoms with Gasteiger partial charge in [0, 0.05) is 28.7 Å². The van der Waals surface area contributed by atoms with Gasteiger partial charge in [0.25, 0.3) is 0 Å². The molecule has 122 valence electrons. The average Bonchev–Trinajstić information content (AvgIpc) is 3.00. The molecule has 1 aromatic carbocycles. The smallest absolute Gasteiger partial charge is 0.196 e. The monoisotopic (exact) mass is 359 g/mol. The summed E-state index contributed by atoms with van der Waals surface area (Å²) in [6.07, 6.45) is 3.32. The summed E-state index contributed by atoms with van der Waals surface area (Å²) in [4.78, 5) is 14.8. The Labute approximate surface area is 147 Å². The second-order valence-electron chi connectivity index (χ2n) is 4.92. The molecule has 0 saturated heterocycles. The highest BCUT2D eigenvalue weighted by atomic mass is 35.5. The SMILES string of the molecule is Cc1c(Cl)cccc1-n1c(SCC(=O)[O-])nnc1-c1ccncc1. The van der Waals surface area contributed by atoms with Gasteiger partial charge in [-0.25, -0.2) is 0 Å². The summed E-state index contributed by atoms with van der Waals surface area (Å²) in [6.45, 7) is 1.89. The average molecular weight is 360 g/mol. The number of carboxylic acids is 1. The van der Waals surface area contributed by atoms with E-state index in [1.54, 1.807) is 23.0 Å². The van der Waals surface area contributed by atoms with Crippen LogP contribution in [0, 0.1) is 6.92 Å². The topological polar surface area (TPSA) is 83.7 Å². The molecule has 0 aliphatic carbocycles. The molecule has 0 amide bonds. The van der Waals surface area contributed by atoms with E-state index in [2.05, 4.69) is 15.2 Å². The van der Waals surface area contributed by atoms with Crippen LogP contribution in [0.5, 0.6) is 0 Å². The fourth-order valence-corrected chi connectivity index (χ4v) is 3.06. The lowest BCUT2D eigenvalue weighted by Crippen LogP contribution is -2.24. The van der Waals surface area contributed by atoms with Crippen molar-refractivity contribution >= 4 is 29.3 Å². The van der Waals surface area contributed by atoms with E-state index in [0.29, 0.717) is 16.0 Å². The summed E-state index contributed by atoms with van der Waals surface area (Å²) < 4.78 is 1.80. The minimum Gasteiger partial charge on any atom is -0.549 e. The van der Waals surface area contributed by atoms with Crippen LogP contribution in [0.2, 0.25) is 5.02 Å². The summed E-state index contributed by atoms with van der Waals surface area (Å²) in [7, 11) is 0. The zero-order valence-corrected chi connectivity index (χ0v) is 14.2. The third-order valence-corrected chi connectivity index (χ3v) is 4.68. The predicted molar refractivity (Wildman–Crippen MR) is 90.1 cm³/mol. The molecule has 0 atom stereocenters. The van der Waals surface area contributed by atoms with Crippen LogP contribution in [0.25, 0.3) is 17.1 Å². The van der Waals surface area contributed by atoms with Crippen molar-refractivity contribution in [1.29, 1.82) is 0 Å². The van der Waals surface area contributed by atoms with E-state index in [1.807, 2.05) is 31.2 Å². The zero-order chi connectivity index (χ0) is 17.1. The highest BCUT2D eigenvalue weighted by molar-refractivity contribution is 7.99. The zero-order valence-electron chi connectivity index (χ0n) is 12.6. The first-order valence-corrected chi connectivity index (χ1v) is 8.38. The van der Waals surface area contributed by atoms with Gasteiger partial charge in [-0.05, 0) is 36.8 Å². The van der Waals surface area contributed by atoms with Gasteiger partial charge in [0.1, 0.15) is 0 Å². The number of carboxylic acid groups (broad SMARTS) is 1. The van der Waals surface area contributed by atoms with Crippen molar-refractivity contribution < 1.29 is 9.90 Å². The summed E-state index contributed by atoms with van der Waals surface area (Å²) in [6, 6.07) is 9.14. The lowest BCUT2D eigenvalue weighted by molar-refractivity contribution is -0.301. The van der Waals surface area contributed by atoms with Crippen molar-refractivity contribution in [3.05, 3.63) is 53.3 Å². The maximum absolute atomic E-state index is 10.8. The van der Waals surface area contributed by atoms with Crippen molar-refractivity contribution in [2.75, 3.05) is 5.75 Å². The van der Waals surface area contributed by atoms with Gasteiger partial charge in [-0.1, -0.05) is 29.4 Å². The molecule has 0 radical (unpaired) electrons. The molecule has 0 fully saturated rings. The van der Waals surface area contributed by atoms with Gasteiger partial charge in [-0.15, -0.1) is 10.2 Å². The highest BCUT2D eigenvalue weighted by Gasteiger charge is 2.18. The van der Waals surface area contributed by atoms with Gasteiger partial charge >= 0.3 is 0 Å². The Morgan fingerprint density at radius 3 is 2.71 bits per heavy atom. The number of halogens is 1. The predicted octanol–water partition coefficient (Wildman–Crippen LogP) is 2.13. The number of pyridine rings is 1. The Bertz CT molecular complexity index is 883. The van der Waals surface area contributed by atoms with Crippen molar-refractivity contribution in [1.82, 2.24) is 19.7 Å². The van der Waals surface area contributed by atoms with E-state index in [4.69, 9.17) is 11.6 Å². The molecular formula is C16H12ClN4O2S-. The molecule has 0 saturated carbocycles. The molecule has 0 spiro atoms. The van der Waals surface area contributed by atoms with Crippen LogP contribution in [0.1, 0.15) is 5.56 Å². The van der Waals surface area contributed by atoms with Crippen LogP contribution < -0.4 is 5.11 Å². The highest BCUT2D eigenvalue weighted by Crippen LogP contribution is 2.31. The maximum Gasteiger partial charge on any atom is 0.196 e.